The molecular weight excluding hydrogens is 174 g/mol. The van der Waals surface area contributed by atoms with E-state index in [-0.39, 0.29) is 0 Å². The van der Waals surface area contributed by atoms with E-state index in [0.717, 1.165) is 5.56 Å². The van der Waals surface area contributed by atoms with Gasteiger partial charge in [0.05, 0.1) is 0 Å². The molecule has 0 aromatic heterocycles. The van der Waals surface area contributed by atoms with Crippen molar-refractivity contribution < 1.29 is 5.11 Å². The summed E-state index contributed by atoms with van der Waals surface area (Å²) in [5.74, 6) is 1.02. The zero-order valence-electron chi connectivity index (χ0n) is 8.37. The van der Waals surface area contributed by atoms with Gasteiger partial charge in [-0.3, -0.25) is 0 Å². The van der Waals surface area contributed by atoms with Crippen LogP contribution in [-0.4, -0.2) is 5.11 Å². The number of phenols is 1. The molecule has 0 aliphatic heterocycles. The maximum Gasteiger partial charge on any atom is 0.120 e. The van der Waals surface area contributed by atoms with Crippen molar-refractivity contribution in [3.8, 4) is 5.75 Å². The predicted molar refractivity (Wildman–Crippen MR) is 57.2 cm³/mol. The molecule has 14 heavy (non-hydrogen) atoms. The lowest BCUT2D eigenvalue weighted by atomic mass is 9.95. The predicted octanol–water partition coefficient (Wildman–Crippen LogP) is 2.51. The summed E-state index contributed by atoms with van der Waals surface area (Å²) in [6.07, 6.45) is 5.25. The van der Waals surface area contributed by atoms with Crippen LogP contribution in [0.3, 0.4) is 0 Å². The molecule has 0 heterocycles. The molecule has 1 aromatic carbocycles. The molecule has 3 N–H and O–H groups in total. The summed E-state index contributed by atoms with van der Waals surface area (Å²) < 4.78 is 0. The van der Waals surface area contributed by atoms with Crippen molar-refractivity contribution in [1.29, 1.82) is 0 Å². The SMILES string of the molecule is NCc1cc(C2CCCC2)ccc1O. The number of rotatable bonds is 2. The maximum atomic E-state index is 9.50. The van der Waals surface area contributed by atoms with Crippen molar-refractivity contribution >= 4 is 0 Å². The third-order valence-corrected chi connectivity index (χ3v) is 3.15. The average Bonchev–Trinajstić information content (AvgIpc) is 2.71. The first-order chi connectivity index (χ1) is 6.81. The third kappa shape index (κ3) is 1.75. The van der Waals surface area contributed by atoms with Crippen LogP contribution in [0.1, 0.15) is 42.7 Å². The average molecular weight is 191 g/mol. The molecule has 0 bridgehead atoms. The van der Waals surface area contributed by atoms with Gasteiger partial charge in [0.1, 0.15) is 5.75 Å². The van der Waals surface area contributed by atoms with Crippen LogP contribution in [-0.2, 0) is 6.54 Å². The van der Waals surface area contributed by atoms with Gasteiger partial charge in [-0.2, -0.15) is 0 Å². The first-order valence-corrected chi connectivity index (χ1v) is 5.33. The number of phenolic OH excluding ortho intramolecular Hbond substituents is 1. The van der Waals surface area contributed by atoms with Gasteiger partial charge in [0.2, 0.25) is 0 Å². The van der Waals surface area contributed by atoms with Crippen molar-refractivity contribution in [2.75, 3.05) is 0 Å². The van der Waals surface area contributed by atoms with Gasteiger partial charge in [-0.05, 0) is 30.4 Å². The normalized spacial score (nSPS) is 17.5. The van der Waals surface area contributed by atoms with Crippen molar-refractivity contribution in [2.45, 2.75) is 38.1 Å². The van der Waals surface area contributed by atoms with Crippen LogP contribution in [0.25, 0.3) is 0 Å². The Morgan fingerprint density at radius 3 is 2.64 bits per heavy atom. The number of hydrogen-bond acceptors (Lipinski definition) is 2. The summed E-state index contributed by atoms with van der Waals surface area (Å²) in [5, 5.41) is 9.50. The third-order valence-electron chi connectivity index (χ3n) is 3.15. The molecule has 0 atom stereocenters. The fraction of sp³-hybridized carbons (Fsp3) is 0.500. The van der Waals surface area contributed by atoms with E-state index >= 15 is 0 Å². The largest absolute Gasteiger partial charge is 0.508 e. The van der Waals surface area contributed by atoms with E-state index in [0.29, 0.717) is 18.2 Å². The summed E-state index contributed by atoms with van der Waals surface area (Å²) >= 11 is 0. The Bertz CT molecular complexity index is 316. The first-order valence-electron chi connectivity index (χ1n) is 5.33. The lowest BCUT2D eigenvalue weighted by molar-refractivity contribution is 0.467. The van der Waals surface area contributed by atoms with Gasteiger partial charge < -0.3 is 10.8 Å². The minimum atomic E-state index is 0.328. The molecule has 2 rings (SSSR count). The molecule has 0 unspecified atom stereocenters. The van der Waals surface area contributed by atoms with E-state index in [1.54, 1.807) is 6.07 Å². The van der Waals surface area contributed by atoms with Crippen LogP contribution in [0.5, 0.6) is 5.75 Å². The van der Waals surface area contributed by atoms with Gasteiger partial charge in [-0.25, -0.2) is 0 Å². The van der Waals surface area contributed by atoms with E-state index in [1.165, 1.54) is 31.2 Å². The molecule has 1 saturated carbocycles. The highest BCUT2D eigenvalue weighted by Gasteiger charge is 2.17. The highest BCUT2D eigenvalue weighted by atomic mass is 16.3. The summed E-state index contributed by atoms with van der Waals surface area (Å²) in [6.45, 7) is 0.423. The quantitative estimate of drug-likeness (QED) is 0.754. The van der Waals surface area contributed by atoms with Crippen molar-refractivity contribution in [1.82, 2.24) is 0 Å². The lowest BCUT2D eigenvalue weighted by Crippen LogP contribution is -1.99. The number of nitrogens with two attached hydrogens (primary N) is 1. The van der Waals surface area contributed by atoms with Gasteiger partial charge in [0, 0.05) is 12.1 Å². The van der Waals surface area contributed by atoms with Crippen LogP contribution in [0.4, 0.5) is 0 Å². The van der Waals surface area contributed by atoms with E-state index in [4.69, 9.17) is 5.73 Å². The second kappa shape index (κ2) is 4.01. The Morgan fingerprint density at radius 1 is 1.29 bits per heavy atom. The Morgan fingerprint density at radius 2 is 2.00 bits per heavy atom. The Hall–Kier alpha value is -1.02. The maximum absolute atomic E-state index is 9.50. The van der Waals surface area contributed by atoms with E-state index in [9.17, 15) is 5.11 Å². The van der Waals surface area contributed by atoms with Crippen molar-refractivity contribution in [3.63, 3.8) is 0 Å². The Kier molecular flexibility index (Phi) is 2.73. The van der Waals surface area contributed by atoms with Crippen molar-refractivity contribution in [2.24, 2.45) is 5.73 Å². The van der Waals surface area contributed by atoms with E-state index < -0.39 is 0 Å². The number of hydrogen-bond donors (Lipinski definition) is 2. The Labute approximate surface area is 84.7 Å². The van der Waals surface area contributed by atoms with Gasteiger partial charge in [-0.15, -0.1) is 0 Å². The molecule has 0 amide bonds. The smallest absolute Gasteiger partial charge is 0.120 e. The van der Waals surface area contributed by atoms with Crippen LogP contribution in [0.15, 0.2) is 18.2 Å². The fourth-order valence-electron chi connectivity index (χ4n) is 2.28. The summed E-state index contributed by atoms with van der Waals surface area (Å²) in [4.78, 5) is 0. The molecule has 2 nitrogen and oxygen atoms in total. The summed E-state index contributed by atoms with van der Waals surface area (Å²) in [7, 11) is 0. The number of benzene rings is 1. The van der Waals surface area contributed by atoms with Crippen molar-refractivity contribution in [3.05, 3.63) is 29.3 Å². The second-order valence-electron chi connectivity index (χ2n) is 4.07. The zero-order chi connectivity index (χ0) is 9.97. The standard InChI is InChI=1S/C12H17NO/c13-8-11-7-10(5-6-12(11)14)9-3-1-2-4-9/h5-7,9,14H,1-4,8,13H2. The van der Waals surface area contributed by atoms with E-state index in [2.05, 4.69) is 6.07 Å². The van der Waals surface area contributed by atoms with Gasteiger partial charge >= 0.3 is 0 Å². The molecule has 0 spiro atoms. The van der Waals surface area contributed by atoms with Gasteiger partial charge in [0.25, 0.3) is 0 Å². The van der Waals surface area contributed by atoms with Gasteiger partial charge in [-0.1, -0.05) is 25.0 Å². The minimum absolute atomic E-state index is 0.328. The molecule has 1 fully saturated rings. The van der Waals surface area contributed by atoms with Crippen LogP contribution >= 0.6 is 0 Å². The van der Waals surface area contributed by atoms with Crippen LogP contribution < -0.4 is 5.73 Å². The molecule has 0 radical (unpaired) electrons. The monoisotopic (exact) mass is 191 g/mol. The molecule has 1 aliphatic carbocycles. The zero-order valence-corrected chi connectivity index (χ0v) is 8.37. The van der Waals surface area contributed by atoms with Crippen LogP contribution in [0.2, 0.25) is 0 Å². The molecule has 1 aromatic rings. The molecular formula is C12H17NO. The number of aromatic hydroxyl groups is 1. The summed E-state index contributed by atoms with van der Waals surface area (Å²) in [6, 6.07) is 5.87. The van der Waals surface area contributed by atoms with Crippen LogP contribution in [0, 0.1) is 0 Å². The highest BCUT2D eigenvalue weighted by molar-refractivity contribution is 5.37. The Balaban J connectivity index is 2.25. The molecule has 76 valence electrons. The lowest BCUT2D eigenvalue weighted by Gasteiger charge is -2.11. The molecule has 2 heteroatoms. The minimum Gasteiger partial charge on any atom is -0.508 e. The second-order valence-corrected chi connectivity index (χ2v) is 4.07. The summed E-state index contributed by atoms with van der Waals surface area (Å²) in [5.41, 5.74) is 7.78. The molecule has 1 aliphatic rings. The molecule has 0 saturated heterocycles. The first kappa shape index (κ1) is 9.53. The topological polar surface area (TPSA) is 46.2 Å². The van der Waals surface area contributed by atoms with Gasteiger partial charge in [0.15, 0.2) is 0 Å². The fourth-order valence-corrected chi connectivity index (χ4v) is 2.28. The van der Waals surface area contributed by atoms with E-state index in [1.807, 2.05) is 6.07 Å². The highest BCUT2D eigenvalue weighted by Crippen LogP contribution is 2.35.